The molecule has 2 N–H and O–H groups in total. The number of nitro groups is 1. The number of aliphatic hydroxyl groups is 1. The molecule has 0 aromatic heterocycles. The number of hydrogen-bond donors (Lipinski definition) is 2. The van der Waals surface area contributed by atoms with Gasteiger partial charge in [0.1, 0.15) is 0 Å². The standard InChI is InChI=1S/C12H14Cl2N2O4/c1-3-12(2,6-17)15-11(18)8-4-7(16(19)20)5-9(13)10(8)14/h4-5,17H,3,6H2,1-2H3,(H,15,18). The molecule has 0 aliphatic carbocycles. The Hall–Kier alpha value is -1.37. The molecule has 110 valence electrons. The van der Waals surface area contributed by atoms with Crippen LogP contribution >= 0.6 is 23.2 Å². The first-order valence-electron chi connectivity index (χ1n) is 5.81. The average Bonchev–Trinajstić information content (AvgIpc) is 2.41. The minimum Gasteiger partial charge on any atom is -0.394 e. The highest BCUT2D eigenvalue weighted by atomic mass is 35.5. The summed E-state index contributed by atoms with van der Waals surface area (Å²) in [6.07, 6.45) is 0.482. The lowest BCUT2D eigenvalue weighted by Gasteiger charge is -2.27. The molecule has 0 heterocycles. The monoisotopic (exact) mass is 320 g/mol. The van der Waals surface area contributed by atoms with E-state index in [1.807, 2.05) is 0 Å². The Labute approximate surface area is 125 Å². The zero-order valence-corrected chi connectivity index (χ0v) is 12.5. The van der Waals surface area contributed by atoms with Crippen molar-refractivity contribution in [1.82, 2.24) is 5.32 Å². The van der Waals surface area contributed by atoms with Gasteiger partial charge in [0.05, 0.1) is 32.7 Å². The van der Waals surface area contributed by atoms with Gasteiger partial charge in [0.2, 0.25) is 0 Å². The molecule has 0 radical (unpaired) electrons. The molecule has 6 nitrogen and oxygen atoms in total. The molecule has 1 amide bonds. The van der Waals surface area contributed by atoms with Crippen LogP contribution in [0, 0.1) is 10.1 Å². The fourth-order valence-corrected chi connectivity index (χ4v) is 1.84. The third-order valence-corrected chi connectivity index (χ3v) is 3.82. The van der Waals surface area contributed by atoms with Gasteiger partial charge in [-0.05, 0) is 13.3 Å². The molecule has 0 saturated carbocycles. The highest BCUT2D eigenvalue weighted by Gasteiger charge is 2.26. The van der Waals surface area contributed by atoms with Gasteiger partial charge in [-0.1, -0.05) is 30.1 Å². The van der Waals surface area contributed by atoms with E-state index >= 15 is 0 Å². The number of hydrogen-bond acceptors (Lipinski definition) is 4. The van der Waals surface area contributed by atoms with Crippen LogP contribution in [-0.2, 0) is 0 Å². The number of benzene rings is 1. The number of non-ortho nitro benzene ring substituents is 1. The minimum atomic E-state index is -0.836. The summed E-state index contributed by atoms with van der Waals surface area (Å²) in [5.74, 6) is -0.626. The van der Waals surface area contributed by atoms with Crippen molar-refractivity contribution in [3.8, 4) is 0 Å². The van der Waals surface area contributed by atoms with Crippen LogP contribution in [-0.4, -0.2) is 28.1 Å². The van der Waals surface area contributed by atoms with Crippen molar-refractivity contribution in [3.63, 3.8) is 0 Å². The molecule has 1 aromatic carbocycles. The van der Waals surface area contributed by atoms with Gasteiger partial charge in [0.25, 0.3) is 11.6 Å². The molecule has 0 aliphatic rings. The number of aliphatic hydroxyl groups excluding tert-OH is 1. The predicted octanol–water partition coefficient (Wildman–Crippen LogP) is 2.79. The lowest BCUT2D eigenvalue weighted by atomic mass is 9.99. The van der Waals surface area contributed by atoms with E-state index in [4.69, 9.17) is 23.2 Å². The second-order valence-electron chi connectivity index (χ2n) is 4.57. The number of amides is 1. The van der Waals surface area contributed by atoms with E-state index in [1.165, 1.54) is 0 Å². The molecule has 1 aromatic rings. The van der Waals surface area contributed by atoms with Crippen LogP contribution < -0.4 is 5.32 Å². The van der Waals surface area contributed by atoms with Gasteiger partial charge in [-0.3, -0.25) is 14.9 Å². The summed E-state index contributed by atoms with van der Waals surface area (Å²) in [4.78, 5) is 22.2. The first-order valence-corrected chi connectivity index (χ1v) is 6.56. The maximum absolute atomic E-state index is 12.1. The maximum Gasteiger partial charge on any atom is 0.271 e. The summed E-state index contributed by atoms with van der Waals surface area (Å²) in [6, 6.07) is 2.13. The van der Waals surface area contributed by atoms with Gasteiger partial charge in [-0.2, -0.15) is 0 Å². The first-order chi connectivity index (χ1) is 9.24. The molecule has 0 spiro atoms. The molecule has 20 heavy (non-hydrogen) atoms. The van der Waals surface area contributed by atoms with Crippen molar-refractivity contribution in [1.29, 1.82) is 0 Å². The van der Waals surface area contributed by atoms with Crippen LogP contribution in [0.15, 0.2) is 12.1 Å². The van der Waals surface area contributed by atoms with Gasteiger partial charge < -0.3 is 10.4 Å². The van der Waals surface area contributed by atoms with Crippen LogP contribution in [0.5, 0.6) is 0 Å². The Balaban J connectivity index is 3.19. The number of halogens is 2. The van der Waals surface area contributed by atoms with Gasteiger partial charge >= 0.3 is 0 Å². The SMILES string of the molecule is CCC(C)(CO)NC(=O)c1cc([N+](=O)[O-])cc(Cl)c1Cl. The number of nitrogens with zero attached hydrogens (tertiary/aromatic N) is 1. The Morgan fingerprint density at radius 3 is 2.55 bits per heavy atom. The summed E-state index contributed by atoms with van der Waals surface area (Å²) < 4.78 is 0. The second-order valence-corrected chi connectivity index (χ2v) is 5.36. The summed E-state index contributed by atoms with van der Waals surface area (Å²) in [5.41, 5.74) is -1.26. The van der Waals surface area contributed by atoms with Gasteiger partial charge in [0.15, 0.2) is 0 Å². The van der Waals surface area contributed by atoms with Gasteiger partial charge in [-0.25, -0.2) is 0 Å². The molecule has 1 atom stereocenters. The van der Waals surface area contributed by atoms with E-state index in [2.05, 4.69) is 5.32 Å². The highest BCUT2D eigenvalue weighted by Crippen LogP contribution is 2.31. The zero-order chi connectivity index (χ0) is 15.5. The molecule has 0 bridgehead atoms. The number of rotatable bonds is 5. The molecular formula is C12H14Cl2N2O4. The third-order valence-electron chi connectivity index (χ3n) is 3.01. The normalized spacial score (nSPS) is 13.7. The molecular weight excluding hydrogens is 307 g/mol. The van der Waals surface area contributed by atoms with Crippen molar-refractivity contribution in [3.05, 3.63) is 37.9 Å². The van der Waals surface area contributed by atoms with E-state index in [0.717, 1.165) is 12.1 Å². The lowest BCUT2D eigenvalue weighted by molar-refractivity contribution is -0.384. The van der Waals surface area contributed by atoms with Crippen molar-refractivity contribution in [2.75, 3.05) is 6.61 Å². The largest absolute Gasteiger partial charge is 0.394 e. The number of carbonyl (C=O) groups is 1. The Kier molecular flexibility index (Phi) is 5.33. The van der Waals surface area contributed by atoms with Crippen molar-refractivity contribution >= 4 is 34.8 Å². The molecule has 1 unspecified atom stereocenters. The Morgan fingerprint density at radius 2 is 2.10 bits per heavy atom. The minimum absolute atomic E-state index is 0.0637. The number of carbonyl (C=O) groups excluding carboxylic acids is 1. The predicted molar refractivity (Wildman–Crippen MR) is 76.4 cm³/mol. The molecule has 0 aliphatic heterocycles. The van der Waals surface area contributed by atoms with Crippen LogP contribution in [0.1, 0.15) is 30.6 Å². The van der Waals surface area contributed by atoms with Gasteiger partial charge in [-0.15, -0.1) is 0 Å². The van der Waals surface area contributed by atoms with E-state index in [0.29, 0.717) is 6.42 Å². The van der Waals surface area contributed by atoms with Crippen LogP contribution in [0.3, 0.4) is 0 Å². The summed E-state index contributed by atoms with van der Waals surface area (Å²) in [6.45, 7) is 3.17. The number of nitrogens with one attached hydrogen (secondary N) is 1. The highest BCUT2D eigenvalue weighted by molar-refractivity contribution is 6.44. The summed E-state index contributed by atoms with van der Waals surface area (Å²) >= 11 is 11.7. The van der Waals surface area contributed by atoms with Crippen LogP contribution in [0.25, 0.3) is 0 Å². The van der Waals surface area contributed by atoms with E-state index in [1.54, 1.807) is 13.8 Å². The van der Waals surface area contributed by atoms with Crippen molar-refractivity contribution < 1.29 is 14.8 Å². The molecule has 0 saturated heterocycles. The van der Waals surface area contributed by atoms with E-state index < -0.39 is 16.4 Å². The maximum atomic E-state index is 12.1. The first kappa shape index (κ1) is 16.7. The summed E-state index contributed by atoms with van der Waals surface area (Å²) in [5, 5.41) is 22.5. The van der Waals surface area contributed by atoms with Crippen molar-refractivity contribution in [2.24, 2.45) is 0 Å². The number of nitro benzene ring substituents is 1. The van der Waals surface area contributed by atoms with Crippen LogP contribution in [0.2, 0.25) is 10.0 Å². The van der Waals surface area contributed by atoms with Gasteiger partial charge in [0, 0.05) is 12.1 Å². The van der Waals surface area contributed by atoms with E-state index in [-0.39, 0.29) is 27.9 Å². The molecule has 8 heteroatoms. The second kappa shape index (κ2) is 6.39. The average molecular weight is 321 g/mol. The quantitative estimate of drug-likeness (QED) is 0.644. The van der Waals surface area contributed by atoms with E-state index in [9.17, 15) is 20.0 Å². The fourth-order valence-electron chi connectivity index (χ4n) is 1.43. The third kappa shape index (κ3) is 3.59. The molecule has 1 rings (SSSR count). The zero-order valence-electron chi connectivity index (χ0n) is 10.9. The van der Waals surface area contributed by atoms with Crippen LogP contribution in [0.4, 0.5) is 5.69 Å². The topological polar surface area (TPSA) is 92.5 Å². The lowest BCUT2D eigenvalue weighted by Crippen LogP contribution is -2.48. The van der Waals surface area contributed by atoms with Crippen molar-refractivity contribution in [2.45, 2.75) is 25.8 Å². The Morgan fingerprint density at radius 1 is 1.50 bits per heavy atom. The molecule has 0 fully saturated rings. The smallest absolute Gasteiger partial charge is 0.271 e. The fraction of sp³-hybridized carbons (Fsp3) is 0.417. The summed E-state index contributed by atoms with van der Waals surface area (Å²) in [7, 11) is 0. The Bertz CT molecular complexity index is 545.